The summed E-state index contributed by atoms with van der Waals surface area (Å²) in [7, 11) is 0. The van der Waals surface area contributed by atoms with Gasteiger partial charge in [0.05, 0.1) is 33.9 Å². The molecule has 1 aromatic carbocycles. The van der Waals surface area contributed by atoms with Crippen molar-refractivity contribution in [2.24, 2.45) is 5.92 Å². The van der Waals surface area contributed by atoms with E-state index in [4.69, 9.17) is 32.9 Å². The number of fused-ring (bicyclic) bond motifs is 1. The Kier molecular flexibility index (Phi) is 4.77. The van der Waals surface area contributed by atoms with Crippen molar-refractivity contribution in [2.75, 3.05) is 50.8 Å². The smallest absolute Gasteiger partial charge is 0.147 e. The second-order valence-corrected chi connectivity index (χ2v) is 7.31. The molecule has 0 amide bonds. The Balaban J connectivity index is 1.43. The predicted octanol–water partition coefficient (Wildman–Crippen LogP) is 3.10. The van der Waals surface area contributed by atoms with Gasteiger partial charge in [-0.3, -0.25) is 9.88 Å². The van der Waals surface area contributed by atoms with Crippen molar-refractivity contribution < 1.29 is 4.74 Å². The molecule has 7 heteroatoms. The third-order valence-electron chi connectivity index (χ3n) is 4.81. The molecule has 1 atom stereocenters. The van der Waals surface area contributed by atoms with Crippen LogP contribution in [-0.4, -0.2) is 60.8 Å². The Morgan fingerprint density at radius 3 is 2.54 bits per heavy atom. The first-order valence-corrected chi connectivity index (χ1v) is 9.11. The van der Waals surface area contributed by atoms with E-state index in [1.807, 2.05) is 6.20 Å². The van der Waals surface area contributed by atoms with Crippen LogP contribution in [0.5, 0.6) is 0 Å². The minimum absolute atomic E-state index is 0.510. The van der Waals surface area contributed by atoms with E-state index in [2.05, 4.69) is 14.8 Å². The number of hydrogen-bond donors (Lipinski definition) is 0. The van der Waals surface area contributed by atoms with Crippen LogP contribution in [0, 0.1) is 5.92 Å². The summed E-state index contributed by atoms with van der Waals surface area (Å²) in [5.41, 5.74) is 1.56. The van der Waals surface area contributed by atoms with Crippen molar-refractivity contribution in [1.82, 2.24) is 14.9 Å². The molecule has 0 spiro atoms. The Morgan fingerprint density at radius 2 is 1.83 bits per heavy atom. The molecule has 1 unspecified atom stereocenters. The molecule has 2 saturated heterocycles. The van der Waals surface area contributed by atoms with Crippen LogP contribution in [0.1, 0.15) is 6.42 Å². The number of halogens is 2. The second-order valence-electron chi connectivity index (χ2n) is 6.50. The molecule has 2 aliphatic rings. The highest BCUT2D eigenvalue weighted by Gasteiger charge is 2.23. The molecule has 2 aromatic rings. The van der Waals surface area contributed by atoms with Gasteiger partial charge in [-0.1, -0.05) is 23.2 Å². The van der Waals surface area contributed by atoms with E-state index in [1.54, 1.807) is 12.1 Å². The highest BCUT2D eigenvalue weighted by atomic mass is 35.5. The molecule has 0 saturated carbocycles. The van der Waals surface area contributed by atoms with Gasteiger partial charge in [-0.2, -0.15) is 0 Å². The van der Waals surface area contributed by atoms with Gasteiger partial charge < -0.3 is 9.64 Å². The summed E-state index contributed by atoms with van der Waals surface area (Å²) in [5, 5.41) is 1.02. The number of aromatic nitrogens is 2. The van der Waals surface area contributed by atoms with E-state index in [0.29, 0.717) is 16.0 Å². The van der Waals surface area contributed by atoms with Gasteiger partial charge in [-0.25, -0.2) is 4.98 Å². The molecule has 0 aliphatic carbocycles. The first-order valence-electron chi connectivity index (χ1n) is 8.36. The van der Waals surface area contributed by atoms with Gasteiger partial charge in [0.15, 0.2) is 0 Å². The average molecular weight is 367 g/mol. The quantitative estimate of drug-likeness (QED) is 0.834. The van der Waals surface area contributed by atoms with Crippen LogP contribution in [0.25, 0.3) is 11.0 Å². The lowest BCUT2D eigenvalue weighted by Gasteiger charge is -2.36. The summed E-state index contributed by atoms with van der Waals surface area (Å²) >= 11 is 12.1. The van der Waals surface area contributed by atoms with Crippen molar-refractivity contribution >= 4 is 40.1 Å². The Bertz CT molecular complexity index is 728. The van der Waals surface area contributed by atoms with Crippen molar-refractivity contribution in [3.05, 3.63) is 28.4 Å². The van der Waals surface area contributed by atoms with Crippen LogP contribution in [0.15, 0.2) is 18.3 Å². The molecule has 0 N–H and O–H groups in total. The first kappa shape index (κ1) is 16.3. The molecule has 0 bridgehead atoms. The van der Waals surface area contributed by atoms with E-state index >= 15 is 0 Å². The van der Waals surface area contributed by atoms with Gasteiger partial charge >= 0.3 is 0 Å². The zero-order valence-corrected chi connectivity index (χ0v) is 14.9. The summed E-state index contributed by atoms with van der Waals surface area (Å²) in [5.74, 6) is 1.61. The second kappa shape index (κ2) is 7.00. The van der Waals surface area contributed by atoms with Crippen molar-refractivity contribution in [1.29, 1.82) is 0 Å². The standard InChI is InChI=1S/C17H20Cl2N4O/c18-13-7-15-16(8-14(13)19)21-17(9-20-15)23-4-2-22(3-5-23)10-12-1-6-24-11-12/h7-9,12H,1-6,10-11H2. The van der Waals surface area contributed by atoms with Gasteiger partial charge in [0.2, 0.25) is 0 Å². The van der Waals surface area contributed by atoms with Crippen LogP contribution < -0.4 is 4.90 Å². The fraction of sp³-hybridized carbons (Fsp3) is 0.529. The maximum Gasteiger partial charge on any atom is 0.147 e. The van der Waals surface area contributed by atoms with Gasteiger partial charge in [0, 0.05) is 39.3 Å². The van der Waals surface area contributed by atoms with Crippen LogP contribution in [0.2, 0.25) is 10.0 Å². The van der Waals surface area contributed by atoms with Gasteiger partial charge in [0.25, 0.3) is 0 Å². The highest BCUT2D eigenvalue weighted by molar-refractivity contribution is 6.42. The normalized spacial score (nSPS) is 22.4. The SMILES string of the molecule is Clc1cc2ncc(N3CCN(CC4CCOC4)CC3)nc2cc1Cl. The molecule has 0 radical (unpaired) electrons. The number of anilines is 1. The van der Waals surface area contributed by atoms with Gasteiger partial charge in [-0.05, 0) is 24.5 Å². The van der Waals surface area contributed by atoms with E-state index < -0.39 is 0 Å². The van der Waals surface area contributed by atoms with Crippen LogP contribution >= 0.6 is 23.2 Å². The average Bonchev–Trinajstić information content (AvgIpc) is 3.09. The number of nitrogens with zero attached hydrogens (tertiary/aromatic N) is 4. The monoisotopic (exact) mass is 366 g/mol. The summed E-state index contributed by atoms with van der Waals surface area (Å²) in [6.45, 7) is 7.02. The number of benzene rings is 1. The Morgan fingerprint density at radius 1 is 1.08 bits per heavy atom. The van der Waals surface area contributed by atoms with Crippen molar-refractivity contribution in [2.45, 2.75) is 6.42 Å². The summed E-state index contributed by atoms with van der Waals surface area (Å²) in [4.78, 5) is 14.0. The first-order chi connectivity index (χ1) is 11.7. The number of rotatable bonds is 3. The topological polar surface area (TPSA) is 41.5 Å². The minimum atomic E-state index is 0.510. The highest BCUT2D eigenvalue weighted by Crippen LogP contribution is 2.27. The number of hydrogen-bond acceptors (Lipinski definition) is 5. The molecule has 1 aromatic heterocycles. The predicted molar refractivity (Wildman–Crippen MR) is 97.1 cm³/mol. The molecular formula is C17H20Cl2N4O. The largest absolute Gasteiger partial charge is 0.381 e. The molecule has 5 nitrogen and oxygen atoms in total. The van der Waals surface area contributed by atoms with Gasteiger partial charge in [-0.15, -0.1) is 0 Å². The number of ether oxygens (including phenoxy) is 1. The Hall–Kier alpha value is -1.14. The molecule has 24 heavy (non-hydrogen) atoms. The molecule has 3 heterocycles. The maximum atomic E-state index is 6.10. The third kappa shape index (κ3) is 3.45. The van der Waals surface area contributed by atoms with Crippen molar-refractivity contribution in [3.63, 3.8) is 0 Å². The summed E-state index contributed by atoms with van der Waals surface area (Å²) < 4.78 is 5.47. The van der Waals surface area contributed by atoms with E-state index in [1.165, 1.54) is 6.42 Å². The van der Waals surface area contributed by atoms with Gasteiger partial charge in [0.1, 0.15) is 5.82 Å². The molecule has 4 rings (SSSR count). The summed E-state index contributed by atoms with van der Waals surface area (Å²) in [6, 6.07) is 3.55. The number of piperazine rings is 1. The molecule has 2 aliphatic heterocycles. The van der Waals surface area contributed by atoms with Crippen LogP contribution in [0.3, 0.4) is 0 Å². The van der Waals surface area contributed by atoms with Crippen LogP contribution in [-0.2, 0) is 4.74 Å². The van der Waals surface area contributed by atoms with Crippen molar-refractivity contribution in [3.8, 4) is 0 Å². The fourth-order valence-electron chi connectivity index (χ4n) is 3.40. The lowest BCUT2D eigenvalue weighted by atomic mass is 10.1. The minimum Gasteiger partial charge on any atom is -0.381 e. The summed E-state index contributed by atoms with van der Waals surface area (Å²) in [6.07, 6.45) is 3.02. The lowest BCUT2D eigenvalue weighted by molar-refractivity contribution is 0.164. The Labute approximate surface area is 151 Å². The fourth-order valence-corrected chi connectivity index (χ4v) is 3.72. The molecule has 2 fully saturated rings. The van der Waals surface area contributed by atoms with E-state index in [-0.39, 0.29) is 0 Å². The van der Waals surface area contributed by atoms with E-state index in [0.717, 1.165) is 62.8 Å². The van der Waals surface area contributed by atoms with Crippen LogP contribution in [0.4, 0.5) is 5.82 Å². The molecular weight excluding hydrogens is 347 g/mol. The lowest BCUT2D eigenvalue weighted by Crippen LogP contribution is -2.48. The zero-order valence-electron chi connectivity index (χ0n) is 13.4. The maximum absolute atomic E-state index is 6.10. The van der Waals surface area contributed by atoms with E-state index in [9.17, 15) is 0 Å². The zero-order chi connectivity index (χ0) is 16.5. The third-order valence-corrected chi connectivity index (χ3v) is 5.53. The molecule has 128 valence electrons.